The molecule has 0 radical (unpaired) electrons. The molecule has 1 heterocycles. The van der Waals surface area contributed by atoms with Crippen LogP contribution in [-0.4, -0.2) is 49.0 Å². The van der Waals surface area contributed by atoms with E-state index in [2.05, 4.69) is 15.0 Å². The van der Waals surface area contributed by atoms with Crippen molar-refractivity contribution in [2.24, 2.45) is 5.73 Å². The average molecular weight is 603 g/mol. The molecule has 0 fully saturated rings. The van der Waals surface area contributed by atoms with Gasteiger partial charge < -0.3 is 29.8 Å². The molecule has 3 N–H and O–H groups in total. The first-order chi connectivity index (χ1) is 19.0. The number of oxazole rings is 1. The van der Waals surface area contributed by atoms with E-state index in [0.717, 1.165) is 6.07 Å². The average Bonchev–Trinajstić information content (AvgIpc) is 3.34. The molecule has 2 aromatic carbocycles. The number of carbonyl (C=O) groups is 2. The number of hydrogen-bond acceptors (Lipinski definition) is 7. The zero-order valence-electron chi connectivity index (χ0n) is 22.6. The highest BCUT2D eigenvalue weighted by Gasteiger charge is 2.24. The van der Waals surface area contributed by atoms with Gasteiger partial charge in [-0.05, 0) is 44.0 Å². The number of rotatable bonds is 13. The molecule has 41 heavy (non-hydrogen) atoms. The summed E-state index contributed by atoms with van der Waals surface area (Å²) in [6.07, 6.45) is 1.32. The van der Waals surface area contributed by atoms with Crippen molar-refractivity contribution in [1.29, 1.82) is 0 Å². The van der Waals surface area contributed by atoms with E-state index in [1.54, 1.807) is 21.0 Å². The minimum absolute atomic E-state index is 0. The molecule has 1 aromatic heterocycles. The number of benzene rings is 2. The molecule has 14 heteroatoms. The van der Waals surface area contributed by atoms with Crippen molar-refractivity contribution >= 4 is 24.2 Å². The topological polar surface area (TPSA) is 120 Å². The Morgan fingerprint density at radius 1 is 1.10 bits per heavy atom. The van der Waals surface area contributed by atoms with Gasteiger partial charge >= 0.3 is 6.61 Å². The number of nitrogens with one attached hydrogen (secondary N) is 1. The van der Waals surface area contributed by atoms with Gasteiger partial charge in [-0.1, -0.05) is 6.07 Å². The van der Waals surface area contributed by atoms with E-state index in [1.165, 1.54) is 29.2 Å². The number of amides is 2. The van der Waals surface area contributed by atoms with E-state index in [0.29, 0.717) is 25.3 Å². The Kier molecular flexibility index (Phi) is 12.4. The highest BCUT2D eigenvalue weighted by Crippen LogP contribution is 2.35. The Balaban J connectivity index is 0.00000588. The second kappa shape index (κ2) is 15.2. The molecule has 1 unspecified atom stereocenters. The predicted molar refractivity (Wildman–Crippen MR) is 144 cm³/mol. The molecule has 0 aliphatic heterocycles. The maximum atomic E-state index is 14.0. The summed E-state index contributed by atoms with van der Waals surface area (Å²) in [5, 5.41) is 2.50. The largest absolute Gasteiger partial charge is 0.490 e. The van der Waals surface area contributed by atoms with Gasteiger partial charge in [0.15, 0.2) is 23.0 Å². The van der Waals surface area contributed by atoms with Gasteiger partial charge in [0.1, 0.15) is 11.6 Å². The molecule has 0 aliphatic carbocycles. The standard InChI is InChI=1S/C27H30F4N4O5.ClH/c1-15(32)24-23(25(37)33-14-17-7-9-18(28)13-19(17)29)34-26(40-24)16-8-10-20(39-27(30)31)21(12-16)38-11-5-4-6-22(36)35(2)3;/h7-10,12-13,15,27H,4-6,11,14,32H2,1-3H3,(H,33,37);1H. The maximum Gasteiger partial charge on any atom is 0.387 e. The number of hydrogen-bond donors (Lipinski definition) is 2. The molecule has 9 nitrogen and oxygen atoms in total. The molecule has 0 bridgehead atoms. The van der Waals surface area contributed by atoms with Gasteiger partial charge in [-0.3, -0.25) is 9.59 Å². The van der Waals surface area contributed by atoms with Crippen LogP contribution in [0.2, 0.25) is 0 Å². The van der Waals surface area contributed by atoms with Crippen molar-refractivity contribution in [3.05, 3.63) is 65.1 Å². The Bertz CT molecular complexity index is 1340. The van der Waals surface area contributed by atoms with Crippen LogP contribution in [0.4, 0.5) is 17.6 Å². The SMILES string of the molecule is CC(N)c1oc(-c2ccc(OC(F)F)c(OCCCCC(=O)N(C)C)c2)nc1C(=O)NCc1ccc(F)cc1F.Cl. The summed E-state index contributed by atoms with van der Waals surface area (Å²) in [5.41, 5.74) is 6.15. The number of ether oxygens (including phenoxy) is 2. The van der Waals surface area contributed by atoms with Gasteiger partial charge in [0.25, 0.3) is 5.91 Å². The van der Waals surface area contributed by atoms with Crippen LogP contribution < -0.4 is 20.5 Å². The first-order valence-electron chi connectivity index (χ1n) is 12.4. The molecule has 2 amide bonds. The number of aromatic nitrogens is 1. The Morgan fingerprint density at radius 2 is 1.83 bits per heavy atom. The number of carbonyl (C=O) groups excluding carboxylic acids is 2. The lowest BCUT2D eigenvalue weighted by Gasteiger charge is -2.13. The summed E-state index contributed by atoms with van der Waals surface area (Å²) in [4.78, 5) is 30.3. The maximum absolute atomic E-state index is 14.0. The van der Waals surface area contributed by atoms with Crippen LogP contribution in [0, 0.1) is 11.6 Å². The molecule has 0 spiro atoms. The van der Waals surface area contributed by atoms with Crippen LogP contribution in [0.25, 0.3) is 11.5 Å². The highest BCUT2D eigenvalue weighted by atomic mass is 35.5. The summed E-state index contributed by atoms with van der Waals surface area (Å²) in [7, 11) is 3.30. The van der Waals surface area contributed by atoms with Gasteiger partial charge in [0.2, 0.25) is 11.8 Å². The fourth-order valence-electron chi connectivity index (χ4n) is 3.58. The van der Waals surface area contributed by atoms with Crippen molar-refractivity contribution < 1.29 is 41.0 Å². The zero-order valence-corrected chi connectivity index (χ0v) is 23.4. The van der Waals surface area contributed by atoms with E-state index >= 15 is 0 Å². The van der Waals surface area contributed by atoms with Crippen LogP contribution in [-0.2, 0) is 11.3 Å². The van der Waals surface area contributed by atoms with Crippen molar-refractivity contribution in [1.82, 2.24) is 15.2 Å². The molecule has 224 valence electrons. The lowest BCUT2D eigenvalue weighted by atomic mass is 10.2. The van der Waals surface area contributed by atoms with Gasteiger partial charge in [0.05, 0.1) is 12.6 Å². The third-order valence-electron chi connectivity index (χ3n) is 5.68. The van der Waals surface area contributed by atoms with Crippen LogP contribution in [0.3, 0.4) is 0 Å². The van der Waals surface area contributed by atoms with E-state index < -0.39 is 30.2 Å². The van der Waals surface area contributed by atoms with Crippen molar-refractivity contribution in [2.75, 3.05) is 20.7 Å². The summed E-state index contributed by atoms with van der Waals surface area (Å²) >= 11 is 0. The van der Waals surface area contributed by atoms with Gasteiger partial charge in [-0.25, -0.2) is 13.8 Å². The number of nitrogens with zero attached hydrogens (tertiary/aromatic N) is 2. The monoisotopic (exact) mass is 602 g/mol. The third kappa shape index (κ3) is 9.35. The van der Waals surface area contributed by atoms with Crippen LogP contribution in [0.15, 0.2) is 40.8 Å². The summed E-state index contributed by atoms with van der Waals surface area (Å²) in [5.74, 6) is -2.58. The van der Waals surface area contributed by atoms with Crippen LogP contribution >= 0.6 is 12.4 Å². The molecule has 1 atom stereocenters. The highest BCUT2D eigenvalue weighted by molar-refractivity contribution is 5.94. The second-order valence-corrected chi connectivity index (χ2v) is 9.07. The van der Waals surface area contributed by atoms with Gasteiger partial charge in [-0.2, -0.15) is 8.78 Å². The van der Waals surface area contributed by atoms with E-state index in [-0.39, 0.29) is 71.4 Å². The quantitative estimate of drug-likeness (QED) is 0.203. The lowest BCUT2D eigenvalue weighted by Crippen LogP contribution is -2.25. The minimum atomic E-state index is -3.10. The van der Waals surface area contributed by atoms with Crippen molar-refractivity contribution in [2.45, 2.75) is 45.4 Å². The molecule has 3 rings (SSSR count). The molecule has 0 saturated carbocycles. The number of halogens is 5. The molecule has 0 saturated heterocycles. The molecule has 3 aromatic rings. The third-order valence-corrected chi connectivity index (χ3v) is 5.68. The lowest BCUT2D eigenvalue weighted by molar-refractivity contribution is -0.128. The summed E-state index contributed by atoms with van der Waals surface area (Å²) in [6.45, 7) is -1.66. The zero-order chi connectivity index (χ0) is 29.4. The van der Waals surface area contributed by atoms with E-state index in [4.69, 9.17) is 14.9 Å². The number of nitrogens with two attached hydrogens (primary N) is 1. The summed E-state index contributed by atoms with van der Waals surface area (Å²) in [6, 6.07) is 6.23. The summed E-state index contributed by atoms with van der Waals surface area (Å²) < 4.78 is 69.0. The first-order valence-corrected chi connectivity index (χ1v) is 12.4. The van der Waals surface area contributed by atoms with Crippen LogP contribution in [0.5, 0.6) is 11.5 Å². The van der Waals surface area contributed by atoms with Gasteiger partial charge in [-0.15, -0.1) is 12.4 Å². The smallest absolute Gasteiger partial charge is 0.387 e. The fourth-order valence-corrected chi connectivity index (χ4v) is 3.58. The molecular weight excluding hydrogens is 572 g/mol. The van der Waals surface area contributed by atoms with Crippen LogP contribution in [0.1, 0.15) is 54.0 Å². The number of alkyl halides is 2. The van der Waals surface area contributed by atoms with Crippen molar-refractivity contribution in [3.8, 4) is 23.0 Å². The first kappa shape index (κ1) is 33.4. The predicted octanol–water partition coefficient (Wildman–Crippen LogP) is 5.23. The van der Waals surface area contributed by atoms with Gasteiger partial charge in [0, 0.05) is 44.3 Å². The molecule has 0 aliphatic rings. The Morgan fingerprint density at radius 3 is 2.46 bits per heavy atom. The Hall–Kier alpha value is -3.84. The number of unbranched alkanes of at least 4 members (excludes halogenated alkanes) is 1. The van der Waals surface area contributed by atoms with E-state index in [1.807, 2.05) is 0 Å². The fraction of sp³-hybridized carbons (Fsp3) is 0.370. The molecular formula is C27H31ClF4N4O5. The van der Waals surface area contributed by atoms with Crippen molar-refractivity contribution in [3.63, 3.8) is 0 Å². The minimum Gasteiger partial charge on any atom is -0.490 e. The second-order valence-electron chi connectivity index (χ2n) is 9.07. The normalized spacial score (nSPS) is 11.5. The van der Waals surface area contributed by atoms with E-state index in [9.17, 15) is 27.2 Å². The Labute approximate surface area is 240 Å².